The normalized spacial score (nSPS) is 21.1. The van der Waals surface area contributed by atoms with E-state index in [2.05, 4.69) is 5.10 Å². The molecule has 2 aromatic carbocycles. The average Bonchev–Trinajstić information content (AvgIpc) is 3.20. The molecule has 1 aromatic heterocycles. The molecule has 4 rings (SSSR count). The molecule has 0 aliphatic carbocycles. The topological polar surface area (TPSA) is 61.2 Å². The summed E-state index contributed by atoms with van der Waals surface area (Å²) < 4.78 is 98.7. The van der Waals surface area contributed by atoms with Crippen molar-refractivity contribution in [3.63, 3.8) is 0 Å². The van der Waals surface area contributed by atoms with Gasteiger partial charge in [0.15, 0.2) is 9.84 Å². The lowest BCUT2D eigenvalue weighted by molar-refractivity contribution is -0.137. The molecule has 12 heteroatoms. The van der Waals surface area contributed by atoms with Gasteiger partial charge in [0, 0.05) is 6.61 Å². The van der Waals surface area contributed by atoms with E-state index in [-0.39, 0.29) is 42.8 Å². The number of hydrogen-bond acceptors (Lipinski definition) is 5. The highest BCUT2D eigenvalue weighted by Crippen LogP contribution is 2.43. The zero-order chi connectivity index (χ0) is 26.1. The van der Waals surface area contributed by atoms with Crippen LogP contribution in [-0.2, 0) is 27.3 Å². The van der Waals surface area contributed by atoms with E-state index < -0.39 is 43.1 Å². The molecule has 36 heavy (non-hydrogen) atoms. The largest absolute Gasteiger partial charge is 0.416 e. The molecule has 1 saturated heterocycles. The van der Waals surface area contributed by atoms with Crippen LogP contribution in [0.1, 0.15) is 42.7 Å². The van der Waals surface area contributed by atoms with Gasteiger partial charge in [0.05, 0.1) is 27.4 Å². The molecular weight excluding hydrogens is 523 g/mol. The number of sulfone groups is 1. The van der Waals surface area contributed by atoms with Crippen molar-refractivity contribution in [2.45, 2.75) is 59.0 Å². The third-order valence-electron chi connectivity index (χ3n) is 6.19. The summed E-state index contributed by atoms with van der Waals surface area (Å²) >= 11 is 0.269. The van der Waals surface area contributed by atoms with Gasteiger partial charge in [-0.25, -0.2) is 8.42 Å². The van der Waals surface area contributed by atoms with Crippen LogP contribution in [0.3, 0.4) is 0 Å². The number of aromatic nitrogens is 2. The lowest BCUT2D eigenvalue weighted by Crippen LogP contribution is -2.42. The Kier molecular flexibility index (Phi) is 7.50. The SMILES string of the molecule is C[C@]1(S(=O)(=O)c2cccc(C(F)(F)F)c2)CCO[C@@H](c2cc(SC(F)F)nn2Cc2ccccc2)C1. The predicted molar refractivity (Wildman–Crippen MR) is 125 cm³/mol. The van der Waals surface area contributed by atoms with Gasteiger partial charge >= 0.3 is 6.18 Å². The van der Waals surface area contributed by atoms with Crippen molar-refractivity contribution in [1.82, 2.24) is 9.78 Å². The van der Waals surface area contributed by atoms with Gasteiger partial charge in [-0.3, -0.25) is 4.68 Å². The number of thioether (sulfide) groups is 1. The Morgan fingerprint density at radius 1 is 1.14 bits per heavy atom. The van der Waals surface area contributed by atoms with Crippen molar-refractivity contribution < 1.29 is 35.1 Å². The minimum atomic E-state index is -4.69. The van der Waals surface area contributed by atoms with Gasteiger partial charge in [-0.05, 0) is 61.4 Å². The van der Waals surface area contributed by atoms with Crippen molar-refractivity contribution in [2.24, 2.45) is 0 Å². The summed E-state index contributed by atoms with van der Waals surface area (Å²) in [7, 11) is -4.20. The number of benzene rings is 2. The standard InChI is InChI=1S/C24H23F5N2O3S2/c1-23(36(32,33)18-9-5-8-17(12-18)24(27,28)29)10-11-34-20(14-23)19-13-21(35-22(25)26)30-31(19)15-16-6-3-2-4-7-16/h2-9,12-13,20,22H,10-11,14-15H2,1H3/t20-,23+/m1/s1. The van der Waals surface area contributed by atoms with Crippen LogP contribution in [0, 0.1) is 0 Å². The summed E-state index contributed by atoms with van der Waals surface area (Å²) in [6.45, 7) is 1.75. The molecule has 0 saturated carbocycles. The average molecular weight is 547 g/mol. The fourth-order valence-corrected chi connectivity index (χ4v) is 6.57. The van der Waals surface area contributed by atoms with E-state index in [1.54, 1.807) is 0 Å². The van der Waals surface area contributed by atoms with Crippen LogP contribution in [0.4, 0.5) is 22.0 Å². The molecule has 0 bridgehead atoms. The number of alkyl halides is 5. The maximum absolute atomic E-state index is 13.5. The minimum Gasteiger partial charge on any atom is -0.372 e. The van der Waals surface area contributed by atoms with Crippen LogP contribution < -0.4 is 0 Å². The number of hydrogen-bond donors (Lipinski definition) is 0. The van der Waals surface area contributed by atoms with Crippen LogP contribution in [-0.4, -0.2) is 35.3 Å². The quantitative estimate of drug-likeness (QED) is 0.255. The van der Waals surface area contributed by atoms with Crippen molar-refractivity contribution in [2.75, 3.05) is 6.61 Å². The van der Waals surface area contributed by atoms with Crippen LogP contribution in [0.5, 0.6) is 0 Å². The van der Waals surface area contributed by atoms with Crippen LogP contribution in [0.15, 0.2) is 70.6 Å². The Hall–Kier alpha value is -2.44. The third kappa shape index (κ3) is 5.60. The smallest absolute Gasteiger partial charge is 0.372 e. The molecule has 1 aliphatic rings. The second-order valence-corrected chi connectivity index (χ2v) is 12.2. The highest BCUT2D eigenvalue weighted by molar-refractivity contribution is 7.99. The molecule has 3 aromatic rings. The summed E-state index contributed by atoms with van der Waals surface area (Å²) in [6, 6.07) is 14.3. The van der Waals surface area contributed by atoms with Gasteiger partial charge in [-0.2, -0.15) is 27.1 Å². The summed E-state index contributed by atoms with van der Waals surface area (Å²) in [4.78, 5) is -0.424. The number of halogens is 5. The fraction of sp³-hybridized carbons (Fsp3) is 0.375. The van der Waals surface area contributed by atoms with Crippen LogP contribution in [0.2, 0.25) is 0 Å². The lowest BCUT2D eigenvalue weighted by Gasteiger charge is -2.37. The molecule has 1 fully saturated rings. The highest BCUT2D eigenvalue weighted by atomic mass is 32.2. The summed E-state index contributed by atoms with van der Waals surface area (Å²) in [5.41, 5.74) is 0.225. The highest BCUT2D eigenvalue weighted by Gasteiger charge is 2.46. The van der Waals surface area contributed by atoms with Gasteiger partial charge in [-0.15, -0.1) is 0 Å². The fourth-order valence-electron chi connectivity index (χ4n) is 4.23. The minimum absolute atomic E-state index is 0.0210. The Morgan fingerprint density at radius 3 is 2.53 bits per heavy atom. The third-order valence-corrected chi connectivity index (χ3v) is 9.35. The van der Waals surface area contributed by atoms with Gasteiger partial charge in [0.1, 0.15) is 11.1 Å². The molecule has 5 nitrogen and oxygen atoms in total. The van der Waals surface area contributed by atoms with Crippen molar-refractivity contribution in [3.05, 3.63) is 77.5 Å². The van der Waals surface area contributed by atoms with Crippen molar-refractivity contribution in [3.8, 4) is 0 Å². The van der Waals surface area contributed by atoms with E-state index in [9.17, 15) is 30.4 Å². The van der Waals surface area contributed by atoms with E-state index in [1.165, 1.54) is 17.7 Å². The second kappa shape index (κ2) is 10.1. The van der Waals surface area contributed by atoms with E-state index in [0.717, 1.165) is 23.8 Å². The summed E-state index contributed by atoms with van der Waals surface area (Å²) in [6.07, 6.45) is -5.52. The molecule has 0 N–H and O–H groups in total. The van der Waals surface area contributed by atoms with Crippen LogP contribution >= 0.6 is 11.8 Å². The monoisotopic (exact) mass is 546 g/mol. The molecule has 2 heterocycles. The maximum Gasteiger partial charge on any atom is 0.416 e. The maximum atomic E-state index is 13.5. The number of rotatable bonds is 7. The van der Waals surface area contributed by atoms with Crippen LogP contribution in [0.25, 0.3) is 0 Å². The molecule has 0 unspecified atom stereocenters. The first-order valence-electron chi connectivity index (χ1n) is 11.0. The van der Waals surface area contributed by atoms with E-state index in [1.807, 2.05) is 30.3 Å². The summed E-state index contributed by atoms with van der Waals surface area (Å²) in [5, 5.41) is 4.34. The first-order valence-corrected chi connectivity index (χ1v) is 13.4. The molecule has 0 amide bonds. The zero-order valence-electron chi connectivity index (χ0n) is 19.1. The van der Waals surface area contributed by atoms with Gasteiger partial charge in [0.25, 0.3) is 5.76 Å². The van der Waals surface area contributed by atoms with Gasteiger partial charge in [0.2, 0.25) is 0 Å². The number of nitrogens with zero attached hydrogens (tertiary/aromatic N) is 2. The Labute approximate surface area is 209 Å². The molecule has 2 atom stereocenters. The molecular formula is C24H23F5N2O3S2. The molecule has 1 aliphatic heterocycles. The lowest BCUT2D eigenvalue weighted by atomic mass is 9.94. The zero-order valence-corrected chi connectivity index (χ0v) is 20.7. The van der Waals surface area contributed by atoms with E-state index in [0.29, 0.717) is 11.8 Å². The Morgan fingerprint density at radius 2 is 1.86 bits per heavy atom. The van der Waals surface area contributed by atoms with Gasteiger partial charge in [-0.1, -0.05) is 36.4 Å². The summed E-state index contributed by atoms with van der Waals surface area (Å²) in [5.74, 6) is -2.70. The first kappa shape index (κ1) is 26.6. The molecule has 194 valence electrons. The molecule has 0 radical (unpaired) electrons. The van der Waals surface area contributed by atoms with Gasteiger partial charge < -0.3 is 4.74 Å². The Balaban J connectivity index is 1.68. The van der Waals surface area contributed by atoms with E-state index >= 15 is 0 Å². The predicted octanol–water partition coefficient (Wildman–Crippen LogP) is 6.35. The Bertz CT molecular complexity index is 1310. The molecule has 0 spiro atoms. The van der Waals surface area contributed by atoms with Crippen molar-refractivity contribution in [1.29, 1.82) is 0 Å². The van der Waals surface area contributed by atoms with E-state index in [4.69, 9.17) is 4.74 Å². The second-order valence-electron chi connectivity index (χ2n) is 8.72. The number of ether oxygens (including phenoxy) is 1. The van der Waals surface area contributed by atoms with Crippen molar-refractivity contribution >= 4 is 21.6 Å². The first-order chi connectivity index (χ1) is 16.9.